The van der Waals surface area contributed by atoms with Gasteiger partial charge in [0.25, 0.3) is 0 Å². The van der Waals surface area contributed by atoms with Gasteiger partial charge in [-0.05, 0) is 49.8 Å². The number of amides is 2. The number of aryl methyl sites for hydroxylation is 2. The normalized spacial score (nSPS) is 17.5. The van der Waals surface area contributed by atoms with Crippen LogP contribution in [0.3, 0.4) is 0 Å². The monoisotopic (exact) mass is 349 g/mol. The standard InChI is InChI=1S/C17H20ClN3OS/c1-11-7-13(3-4-15(11)18)8-14-5-6-21(10-14)17(22)20-16-19-9-12(2)23-16/h3-4,7,9,14H,5-6,8,10H2,1-2H3,(H,19,20,22). The molecule has 2 heterocycles. The van der Waals surface area contributed by atoms with Crippen LogP contribution in [0.1, 0.15) is 22.4 Å². The Bertz CT molecular complexity index is 716. The molecule has 2 aromatic rings. The molecule has 1 unspecified atom stereocenters. The molecule has 0 saturated carbocycles. The van der Waals surface area contributed by atoms with Crippen molar-refractivity contribution in [2.75, 3.05) is 18.4 Å². The summed E-state index contributed by atoms with van der Waals surface area (Å²) in [5, 5.41) is 4.36. The van der Waals surface area contributed by atoms with Crippen LogP contribution in [0.15, 0.2) is 24.4 Å². The predicted molar refractivity (Wildman–Crippen MR) is 95.4 cm³/mol. The number of hydrogen-bond donors (Lipinski definition) is 1. The van der Waals surface area contributed by atoms with E-state index in [0.717, 1.165) is 41.4 Å². The van der Waals surface area contributed by atoms with Crippen LogP contribution < -0.4 is 5.32 Å². The summed E-state index contributed by atoms with van der Waals surface area (Å²) in [6.45, 7) is 5.59. The Hall–Kier alpha value is -1.59. The van der Waals surface area contributed by atoms with Crippen LogP contribution >= 0.6 is 22.9 Å². The fraction of sp³-hybridized carbons (Fsp3) is 0.412. The van der Waals surface area contributed by atoms with E-state index in [2.05, 4.69) is 22.4 Å². The Labute approximate surface area is 145 Å². The molecule has 4 nitrogen and oxygen atoms in total. The van der Waals surface area contributed by atoms with E-state index in [4.69, 9.17) is 11.6 Å². The smallest absolute Gasteiger partial charge is 0.323 e. The zero-order chi connectivity index (χ0) is 16.4. The number of halogens is 1. The first-order valence-corrected chi connectivity index (χ1v) is 8.94. The lowest BCUT2D eigenvalue weighted by Crippen LogP contribution is -2.33. The molecule has 1 aliphatic heterocycles. The van der Waals surface area contributed by atoms with Crippen molar-refractivity contribution in [3.63, 3.8) is 0 Å². The van der Waals surface area contributed by atoms with Crippen molar-refractivity contribution >= 4 is 34.1 Å². The van der Waals surface area contributed by atoms with E-state index in [-0.39, 0.29) is 6.03 Å². The number of thiazole rings is 1. The van der Waals surface area contributed by atoms with Gasteiger partial charge in [0.05, 0.1) is 0 Å². The van der Waals surface area contributed by atoms with Crippen molar-refractivity contribution in [1.82, 2.24) is 9.88 Å². The molecule has 1 aromatic heterocycles. The predicted octanol–water partition coefficient (Wildman–Crippen LogP) is 4.51. The van der Waals surface area contributed by atoms with Gasteiger partial charge in [0.15, 0.2) is 5.13 Å². The third kappa shape index (κ3) is 4.03. The number of carbonyl (C=O) groups is 1. The lowest BCUT2D eigenvalue weighted by Gasteiger charge is -2.16. The molecule has 1 aromatic carbocycles. The van der Waals surface area contributed by atoms with Gasteiger partial charge in [0.1, 0.15) is 0 Å². The average molecular weight is 350 g/mol. The highest BCUT2D eigenvalue weighted by Gasteiger charge is 2.26. The number of nitrogens with zero attached hydrogens (tertiary/aromatic N) is 2. The summed E-state index contributed by atoms with van der Waals surface area (Å²) in [5.74, 6) is 0.499. The number of nitrogens with one attached hydrogen (secondary N) is 1. The van der Waals surface area contributed by atoms with Gasteiger partial charge in [0.2, 0.25) is 0 Å². The second-order valence-electron chi connectivity index (χ2n) is 6.09. The lowest BCUT2D eigenvalue weighted by atomic mass is 9.97. The minimum Gasteiger partial charge on any atom is -0.324 e. The number of rotatable bonds is 3. The maximum atomic E-state index is 12.3. The van der Waals surface area contributed by atoms with Crippen LogP contribution in [0.2, 0.25) is 5.02 Å². The first-order valence-electron chi connectivity index (χ1n) is 7.74. The molecule has 2 amide bonds. The third-order valence-corrected chi connectivity index (χ3v) is 5.41. The first kappa shape index (κ1) is 16.3. The van der Waals surface area contributed by atoms with Gasteiger partial charge in [0, 0.05) is 29.2 Å². The molecule has 23 heavy (non-hydrogen) atoms. The molecule has 1 atom stereocenters. The van der Waals surface area contributed by atoms with Crippen LogP contribution in [0, 0.1) is 19.8 Å². The van der Waals surface area contributed by atoms with Crippen molar-refractivity contribution in [1.29, 1.82) is 0 Å². The molecular weight excluding hydrogens is 330 g/mol. The molecule has 3 rings (SSSR count). The molecule has 1 aliphatic rings. The Kier molecular flexibility index (Phi) is 4.87. The van der Waals surface area contributed by atoms with E-state index in [1.54, 1.807) is 6.20 Å². The zero-order valence-corrected chi connectivity index (χ0v) is 14.9. The van der Waals surface area contributed by atoms with Crippen LogP contribution in [0.4, 0.5) is 9.93 Å². The third-order valence-electron chi connectivity index (χ3n) is 4.15. The fourth-order valence-electron chi connectivity index (χ4n) is 2.93. The molecule has 0 radical (unpaired) electrons. The summed E-state index contributed by atoms with van der Waals surface area (Å²) in [7, 11) is 0. The van der Waals surface area contributed by atoms with Crippen molar-refractivity contribution < 1.29 is 4.79 Å². The second-order valence-corrected chi connectivity index (χ2v) is 7.74. The highest BCUT2D eigenvalue weighted by molar-refractivity contribution is 7.15. The quantitative estimate of drug-likeness (QED) is 0.886. The number of anilines is 1. The van der Waals surface area contributed by atoms with E-state index in [1.165, 1.54) is 16.9 Å². The largest absolute Gasteiger partial charge is 0.324 e. The molecule has 0 bridgehead atoms. The molecular formula is C17H20ClN3OS. The van der Waals surface area contributed by atoms with Gasteiger partial charge in [-0.2, -0.15) is 0 Å². The van der Waals surface area contributed by atoms with Gasteiger partial charge in [-0.15, -0.1) is 11.3 Å². The number of aromatic nitrogens is 1. The van der Waals surface area contributed by atoms with Gasteiger partial charge < -0.3 is 4.90 Å². The SMILES string of the molecule is Cc1cnc(NC(=O)N2CCC(Cc3ccc(Cl)c(C)c3)C2)s1. The number of carbonyl (C=O) groups excluding carboxylic acids is 1. The van der Waals surface area contributed by atoms with Gasteiger partial charge in [-0.1, -0.05) is 23.7 Å². The van der Waals surface area contributed by atoms with E-state index >= 15 is 0 Å². The molecule has 6 heteroatoms. The van der Waals surface area contributed by atoms with Crippen molar-refractivity contribution in [3.05, 3.63) is 45.4 Å². The molecule has 0 spiro atoms. The molecule has 1 fully saturated rings. The maximum absolute atomic E-state index is 12.3. The average Bonchev–Trinajstić information content (AvgIpc) is 3.12. The fourth-order valence-corrected chi connectivity index (χ4v) is 3.71. The summed E-state index contributed by atoms with van der Waals surface area (Å²) in [6.07, 6.45) is 3.79. The van der Waals surface area contributed by atoms with E-state index in [9.17, 15) is 4.79 Å². The summed E-state index contributed by atoms with van der Waals surface area (Å²) >= 11 is 7.57. The first-order chi connectivity index (χ1) is 11.0. The molecule has 0 aliphatic carbocycles. The second kappa shape index (κ2) is 6.89. The van der Waals surface area contributed by atoms with E-state index in [1.807, 2.05) is 24.8 Å². The number of likely N-dealkylation sites (tertiary alicyclic amines) is 1. The van der Waals surface area contributed by atoms with Gasteiger partial charge in [-0.3, -0.25) is 5.32 Å². The molecule has 122 valence electrons. The number of benzene rings is 1. The lowest BCUT2D eigenvalue weighted by molar-refractivity contribution is 0.221. The zero-order valence-electron chi connectivity index (χ0n) is 13.3. The maximum Gasteiger partial charge on any atom is 0.323 e. The minimum atomic E-state index is -0.0471. The molecule has 1 N–H and O–H groups in total. The van der Waals surface area contributed by atoms with Crippen molar-refractivity contribution in [2.24, 2.45) is 5.92 Å². The summed E-state index contributed by atoms with van der Waals surface area (Å²) < 4.78 is 0. The van der Waals surface area contributed by atoms with Crippen LogP contribution in [-0.4, -0.2) is 29.0 Å². The summed E-state index contributed by atoms with van der Waals surface area (Å²) in [4.78, 5) is 19.4. The Balaban J connectivity index is 1.55. The topological polar surface area (TPSA) is 45.2 Å². The minimum absolute atomic E-state index is 0.0471. The van der Waals surface area contributed by atoms with Crippen LogP contribution in [0.25, 0.3) is 0 Å². The van der Waals surface area contributed by atoms with Crippen LogP contribution in [-0.2, 0) is 6.42 Å². The number of urea groups is 1. The summed E-state index contributed by atoms with van der Waals surface area (Å²) in [5.41, 5.74) is 2.39. The van der Waals surface area contributed by atoms with Crippen LogP contribution in [0.5, 0.6) is 0 Å². The Morgan fingerprint density at radius 1 is 1.48 bits per heavy atom. The van der Waals surface area contributed by atoms with Gasteiger partial charge >= 0.3 is 6.03 Å². The highest BCUT2D eigenvalue weighted by Crippen LogP contribution is 2.24. The Morgan fingerprint density at radius 3 is 3.00 bits per heavy atom. The summed E-state index contributed by atoms with van der Waals surface area (Å²) in [6, 6.07) is 6.13. The van der Waals surface area contributed by atoms with Crippen molar-refractivity contribution in [2.45, 2.75) is 26.7 Å². The van der Waals surface area contributed by atoms with E-state index in [0.29, 0.717) is 11.0 Å². The van der Waals surface area contributed by atoms with Gasteiger partial charge in [-0.25, -0.2) is 9.78 Å². The number of hydrogen-bond acceptors (Lipinski definition) is 3. The van der Waals surface area contributed by atoms with E-state index < -0.39 is 0 Å². The Morgan fingerprint density at radius 2 is 2.30 bits per heavy atom. The highest BCUT2D eigenvalue weighted by atomic mass is 35.5. The molecule has 1 saturated heterocycles. The van der Waals surface area contributed by atoms with Crippen molar-refractivity contribution in [3.8, 4) is 0 Å².